The lowest BCUT2D eigenvalue weighted by molar-refractivity contribution is -0.137. The van der Waals surface area contributed by atoms with Gasteiger partial charge in [0.15, 0.2) is 0 Å². The fourth-order valence-corrected chi connectivity index (χ4v) is 1.70. The number of nitrogens with zero attached hydrogens (tertiary/aromatic N) is 1. The highest BCUT2D eigenvalue weighted by Crippen LogP contribution is 2.23. The molecule has 0 radical (unpaired) electrons. The number of carbonyl (C=O) groups excluding carboxylic acids is 1. The molecule has 1 N–H and O–H groups in total. The van der Waals surface area contributed by atoms with E-state index in [1.807, 2.05) is 0 Å². The number of carboxylic acids is 1. The Morgan fingerprint density at radius 3 is 2.40 bits per heavy atom. The molecule has 0 aliphatic rings. The Morgan fingerprint density at radius 1 is 1.25 bits per heavy atom. The lowest BCUT2D eigenvalue weighted by Gasteiger charge is -2.17. The van der Waals surface area contributed by atoms with Crippen molar-refractivity contribution in [3.05, 3.63) is 35.4 Å². The van der Waals surface area contributed by atoms with Crippen LogP contribution in [0.3, 0.4) is 0 Å². The van der Waals surface area contributed by atoms with Crippen LogP contribution in [0.5, 0.6) is 0 Å². The molecule has 1 aromatic carbocycles. The van der Waals surface area contributed by atoms with E-state index < -0.39 is 31.0 Å². The Kier molecular flexibility index (Phi) is 5.12. The van der Waals surface area contributed by atoms with Crippen LogP contribution in [0.1, 0.15) is 22.3 Å². The number of halogens is 3. The molecular formula is C13H14F3NO3. The van der Waals surface area contributed by atoms with E-state index in [-0.39, 0.29) is 17.5 Å². The van der Waals surface area contributed by atoms with Gasteiger partial charge in [-0.05, 0) is 18.1 Å². The molecule has 0 saturated heterocycles. The number of aryl methyl sites for hydroxylation is 1. The first kappa shape index (κ1) is 16.0. The molecule has 1 amide bonds. The smallest absolute Gasteiger partial charge is 0.389 e. The molecule has 1 rings (SSSR count). The van der Waals surface area contributed by atoms with E-state index in [2.05, 4.69) is 0 Å². The van der Waals surface area contributed by atoms with Crippen LogP contribution >= 0.6 is 0 Å². The van der Waals surface area contributed by atoms with Crippen molar-refractivity contribution in [1.29, 1.82) is 0 Å². The maximum absolute atomic E-state index is 12.2. The molecule has 0 unspecified atom stereocenters. The third kappa shape index (κ3) is 4.91. The highest BCUT2D eigenvalue weighted by Gasteiger charge is 2.27. The molecule has 0 fully saturated rings. The lowest BCUT2D eigenvalue weighted by Crippen LogP contribution is -2.32. The van der Waals surface area contributed by atoms with Crippen molar-refractivity contribution in [2.75, 3.05) is 13.6 Å². The maximum Gasteiger partial charge on any atom is 0.389 e. The normalized spacial score (nSPS) is 11.2. The summed E-state index contributed by atoms with van der Waals surface area (Å²) >= 11 is 0. The molecule has 4 nitrogen and oxygen atoms in total. The van der Waals surface area contributed by atoms with Crippen LogP contribution in [0, 0.1) is 0 Å². The Bertz CT molecular complexity index is 500. The Hall–Kier alpha value is -2.05. The summed E-state index contributed by atoms with van der Waals surface area (Å²) in [5.74, 6) is -1.79. The van der Waals surface area contributed by atoms with Crippen LogP contribution in [0.4, 0.5) is 13.2 Å². The van der Waals surface area contributed by atoms with Crippen LogP contribution in [0.2, 0.25) is 0 Å². The molecule has 110 valence electrons. The summed E-state index contributed by atoms with van der Waals surface area (Å²) < 4.78 is 36.7. The van der Waals surface area contributed by atoms with E-state index >= 15 is 0 Å². The van der Waals surface area contributed by atoms with Gasteiger partial charge in [0.05, 0.1) is 0 Å². The van der Waals surface area contributed by atoms with Crippen molar-refractivity contribution < 1.29 is 27.9 Å². The van der Waals surface area contributed by atoms with E-state index in [0.29, 0.717) is 0 Å². The Labute approximate surface area is 113 Å². The summed E-state index contributed by atoms with van der Waals surface area (Å²) in [7, 11) is 1.29. The number of carboxylic acid groups (broad SMARTS) is 1. The molecule has 1 aromatic rings. The largest absolute Gasteiger partial charge is 0.480 e. The zero-order valence-corrected chi connectivity index (χ0v) is 10.8. The number of benzene rings is 1. The van der Waals surface area contributed by atoms with Crippen molar-refractivity contribution >= 4 is 11.9 Å². The zero-order valence-electron chi connectivity index (χ0n) is 10.8. The van der Waals surface area contributed by atoms with Crippen LogP contribution in [-0.4, -0.2) is 41.7 Å². The van der Waals surface area contributed by atoms with Gasteiger partial charge in [0, 0.05) is 19.0 Å². The molecule has 0 bridgehead atoms. The highest BCUT2D eigenvalue weighted by atomic mass is 19.4. The second kappa shape index (κ2) is 6.40. The van der Waals surface area contributed by atoms with E-state index in [4.69, 9.17) is 5.11 Å². The van der Waals surface area contributed by atoms with Gasteiger partial charge in [0.25, 0.3) is 5.91 Å². The van der Waals surface area contributed by atoms with Gasteiger partial charge in [0.2, 0.25) is 0 Å². The molecule has 0 aliphatic heterocycles. The maximum atomic E-state index is 12.2. The van der Waals surface area contributed by atoms with Gasteiger partial charge in [-0.25, -0.2) is 0 Å². The average molecular weight is 289 g/mol. The van der Waals surface area contributed by atoms with Crippen molar-refractivity contribution in [3.8, 4) is 0 Å². The number of rotatable bonds is 5. The topological polar surface area (TPSA) is 57.6 Å². The van der Waals surface area contributed by atoms with Gasteiger partial charge in [-0.15, -0.1) is 0 Å². The number of likely N-dealkylation sites (N-methyl/N-ethyl adjacent to an activating group) is 1. The summed E-state index contributed by atoms with van der Waals surface area (Å²) in [4.78, 5) is 23.5. The van der Waals surface area contributed by atoms with Crippen molar-refractivity contribution in [2.45, 2.75) is 19.0 Å². The standard InChI is InChI=1S/C13H14F3NO3/c1-17(8-11(18)19)12(20)10-5-3-2-4-9(10)6-7-13(14,15)16/h2-5H,6-8H2,1H3,(H,18,19). The molecule has 7 heteroatoms. The first-order chi connectivity index (χ1) is 9.20. The van der Waals surface area contributed by atoms with Crippen molar-refractivity contribution in [1.82, 2.24) is 4.90 Å². The fraction of sp³-hybridized carbons (Fsp3) is 0.385. The SMILES string of the molecule is CN(CC(=O)O)C(=O)c1ccccc1CCC(F)(F)F. The minimum atomic E-state index is -4.30. The monoisotopic (exact) mass is 289 g/mol. The third-order valence-corrected chi connectivity index (χ3v) is 2.64. The number of alkyl halides is 3. The summed E-state index contributed by atoms with van der Waals surface area (Å²) in [6.45, 7) is -0.508. The molecule has 20 heavy (non-hydrogen) atoms. The van der Waals surface area contributed by atoms with E-state index in [1.54, 1.807) is 6.07 Å². The van der Waals surface area contributed by atoms with Crippen LogP contribution in [0.25, 0.3) is 0 Å². The molecule has 0 aromatic heterocycles. The quantitative estimate of drug-likeness (QED) is 0.905. The zero-order chi connectivity index (χ0) is 15.3. The summed E-state index contributed by atoms with van der Waals surface area (Å²) in [6.07, 6.45) is -5.64. The second-order valence-electron chi connectivity index (χ2n) is 4.33. The minimum Gasteiger partial charge on any atom is -0.480 e. The highest BCUT2D eigenvalue weighted by molar-refractivity contribution is 5.97. The Morgan fingerprint density at radius 2 is 1.85 bits per heavy atom. The molecule has 0 atom stereocenters. The molecule has 0 aliphatic carbocycles. The van der Waals surface area contributed by atoms with Crippen molar-refractivity contribution in [3.63, 3.8) is 0 Å². The predicted octanol–water partition coefficient (Wildman–Crippen LogP) is 2.34. The van der Waals surface area contributed by atoms with Gasteiger partial charge in [0.1, 0.15) is 6.54 Å². The van der Waals surface area contributed by atoms with Crippen LogP contribution in [-0.2, 0) is 11.2 Å². The third-order valence-electron chi connectivity index (χ3n) is 2.64. The molecule has 0 spiro atoms. The minimum absolute atomic E-state index is 0.0977. The van der Waals surface area contributed by atoms with E-state index in [1.165, 1.54) is 25.2 Å². The van der Waals surface area contributed by atoms with Gasteiger partial charge in [-0.2, -0.15) is 13.2 Å². The van der Waals surface area contributed by atoms with E-state index in [0.717, 1.165) is 4.90 Å². The lowest BCUT2D eigenvalue weighted by atomic mass is 10.0. The number of carbonyl (C=O) groups is 2. The number of amides is 1. The van der Waals surface area contributed by atoms with Gasteiger partial charge < -0.3 is 10.0 Å². The molecular weight excluding hydrogens is 275 g/mol. The summed E-state index contributed by atoms with van der Waals surface area (Å²) in [5.41, 5.74) is 0.354. The van der Waals surface area contributed by atoms with Crippen LogP contribution < -0.4 is 0 Å². The number of hydrogen-bond acceptors (Lipinski definition) is 2. The number of aliphatic carboxylic acids is 1. The molecule has 0 saturated carbocycles. The van der Waals surface area contributed by atoms with Gasteiger partial charge in [-0.3, -0.25) is 9.59 Å². The predicted molar refractivity (Wildman–Crippen MR) is 65.4 cm³/mol. The van der Waals surface area contributed by atoms with Gasteiger partial charge >= 0.3 is 12.1 Å². The Balaban J connectivity index is 2.89. The second-order valence-corrected chi connectivity index (χ2v) is 4.33. The van der Waals surface area contributed by atoms with E-state index in [9.17, 15) is 22.8 Å². The van der Waals surface area contributed by atoms with Gasteiger partial charge in [-0.1, -0.05) is 18.2 Å². The van der Waals surface area contributed by atoms with Crippen molar-refractivity contribution in [2.24, 2.45) is 0 Å². The summed E-state index contributed by atoms with van der Waals surface area (Å²) in [5, 5.41) is 8.62. The fourth-order valence-electron chi connectivity index (χ4n) is 1.70. The molecule has 0 heterocycles. The first-order valence-corrected chi connectivity index (χ1v) is 5.82. The van der Waals surface area contributed by atoms with Crippen LogP contribution in [0.15, 0.2) is 24.3 Å². The average Bonchev–Trinajstić information content (AvgIpc) is 2.34. The summed E-state index contributed by atoms with van der Waals surface area (Å²) in [6, 6.07) is 5.90. The number of hydrogen-bond donors (Lipinski definition) is 1. The first-order valence-electron chi connectivity index (χ1n) is 5.82.